The summed E-state index contributed by atoms with van der Waals surface area (Å²) in [5.41, 5.74) is 2.93. The lowest BCUT2D eigenvalue weighted by Crippen LogP contribution is -2.54. The van der Waals surface area contributed by atoms with Crippen LogP contribution in [0.1, 0.15) is 70.9 Å². The number of aliphatic hydroxyl groups excluding tert-OH is 1. The second-order valence-electron chi connectivity index (χ2n) is 9.88. The van der Waals surface area contributed by atoms with E-state index in [2.05, 4.69) is 40.7 Å². The maximum atomic E-state index is 10.6. The van der Waals surface area contributed by atoms with Crippen molar-refractivity contribution in [3.63, 3.8) is 0 Å². The summed E-state index contributed by atoms with van der Waals surface area (Å²) >= 11 is 0. The molecule has 146 valence electrons. The minimum absolute atomic E-state index is 0.00658. The topological polar surface area (TPSA) is 38.7 Å². The molecule has 0 amide bonds. The van der Waals surface area contributed by atoms with Crippen molar-refractivity contribution in [2.45, 2.75) is 78.2 Å². The molecule has 0 bridgehead atoms. The van der Waals surface area contributed by atoms with Gasteiger partial charge in [0.2, 0.25) is 0 Å². The van der Waals surface area contributed by atoms with Gasteiger partial charge in [0.05, 0.1) is 20.3 Å². The molecule has 0 aliphatic heterocycles. The summed E-state index contributed by atoms with van der Waals surface area (Å²) in [7, 11) is 3.46. The standard InChI is InChI=1S/C23H36O3/c1-15-12-16(25-6)13-17(26-7)20(15)23(5)10-8-18-21(2,3)19(24)9-11-22(18,4)14-23/h12-13,18-19,24H,8-11,14H2,1-7H3/t18-,19-,22+,23+/m1/s1. The van der Waals surface area contributed by atoms with Gasteiger partial charge in [0, 0.05) is 11.6 Å². The molecule has 1 N–H and O–H groups in total. The molecule has 2 fully saturated rings. The van der Waals surface area contributed by atoms with Crippen LogP contribution >= 0.6 is 0 Å². The highest BCUT2D eigenvalue weighted by Gasteiger charge is 2.56. The van der Waals surface area contributed by atoms with Gasteiger partial charge in [-0.15, -0.1) is 0 Å². The fourth-order valence-corrected chi connectivity index (χ4v) is 6.51. The number of ether oxygens (including phenoxy) is 2. The van der Waals surface area contributed by atoms with E-state index in [4.69, 9.17) is 9.47 Å². The first kappa shape index (κ1) is 19.5. The molecule has 0 saturated heterocycles. The Morgan fingerprint density at radius 3 is 2.31 bits per heavy atom. The van der Waals surface area contributed by atoms with E-state index in [9.17, 15) is 5.11 Å². The molecule has 0 radical (unpaired) electrons. The monoisotopic (exact) mass is 360 g/mol. The van der Waals surface area contributed by atoms with E-state index >= 15 is 0 Å². The number of benzene rings is 1. The number of hydrogen-bond donors (Lipinski definition) is 1. The minimum atomic E-state index is -0.179. The Bertz CT molecular complexity index is 680. The predicted octanol–water partition coefficient (Wildman–Crippen LogP) is 5.26. The zero-order valence-corrected chi connectivity index (χ0v) is 17.6. The molecule has 4 atom stereocenters. The van der Waals surface area contributed by atoms with Gasteiger partial charge in [0.15, 0.2) is 0 Å². The average Bonchev–Trinajstić information content (AvgIpc) is 2.57. The molecule has 0 spiro atoms. The van der Waals surface area contributed by atoms with E-state index in [-0.39, 0.29) is 22.3 Å². The van der Waals surface area contributed by atoms with Crippen molar-refractivity contribution >= 4 is 0 Å². The van der Waals surface area contributed by atoms with Crippen molar-refractivity contribution in [2.75, 3.05) is 14.2 Å². The summed E-state index contributed by atoms with van der Waals surface area (Å²) in [6.07, 6.45) is 5.27. The molecule has 1 aromatic carbocycles. The molecule has 2 aliphatic rings. The Morgan fingerprint density at radius 1 is 1.00 bits per heavy atom. The van der Waals surface area contributed by atoms with Crippen LogP contribution in [0.5, 0.6) is 11.5 Å². The lowest BCUT2D eigenvalue weighted by Gasteiger charge is -2.59. The van der Waals surface area contributed by atoms with Crippen molar-refractivity contribution < 1.29 is 14.6 Å². The Hall–Kier alpha value is -1.22. The summed E-state index contributed by atoms with van der Waals surface area (Å²) in [5, 5.41) is 10.6. The van der Waals surface area contributed by atoms with Gasteiger partial charge in [0.25, 0.3) is 0 Å². The molecule has 2 saturated carbocycles. The summed E-state index contributed by atoms with van der Waals surface area (Å²) in [5.74, 6) is 2.37. The lowest BCUT2D eigenvalue weighted by molar-refractivity contribution is -0.124. The molecule has 0 unspecified atom stereocenters. The maximum Gasteiger partial charge on any atom is 0.126 e. The number of rotatable bonds is 3. The zero-order valence-electron chi connectivity index (χ0n) is 17.6. The molecule has 3 rings (SSSR count). The molecule has 0 aromatic heterocycles. The highest BCUT2D eigenvalue weighted by Crippen LogP contribution is 2.62. The zero-order chi connectivity index (χ0) is 19.3. The second kappa shape index (κ2) is 6.44. The molecule has 3 nitrogen and oxygen atoms in total. The van der Waals surface area contributed by atoms with Crippen molar-refractivity contribution in [1.82, 2.24) is 0 Å². The number of fused-ring (bicyclic) bond motifs is 1. The fraction of sp³-hybridized carbons (Fsp3) is 0.739. The minimum Gasteiger partial charge on any atom is -0.497 e. The van der Waals surface area contributed by atoms with Crippen LogP contribution in [0.3, 0.4) is 0 Å². The highest BCUT2D eigenvalue weighted by molar-refractivity contribution is 5.50. The van der Waals surface area contributed by atoms with Crippen LogP contribution in [0.25, 0.3) is 0 Å². The maximum absolute atomic E-state index is 10.6. The van der Waals surface area contributed by atoms with Crippen LogP contribution in [0.15, 0.2) is 12.1 Å². The van der Waals surface area contributed by atoms with Gasteiger partial charge in [-0.05, 0) is 72.8 Å². The highest BCUT2D eigenvalue weighted by atomic mass is 16.5. The molecule has 26 heavy (non-hydrogen) atoms. The first-order valence-corrected chi connectivity index (χ1v) is 9.98. The third-order valence-corrected chi connectivity index (χ3v) is 7.70. The smallest absolute Gasteiger partial charge is 0.126 e. The van der Waals surface area contributed by atoms with Crippen LogP contribution < -0.4 is 9.47 Å². The number of aryl methyl sites for hydroxylation is 1. The number of aliphatic hydroxyl groups is 1. The van der Waals surface area contributed by atoms with E-state index in [1.807, 2.05) is 6.07 Å². The summed E-state index contributed by atoms with van der Waals surface area (Å²) < 4.78 is 11.2. The van der Waals surface area contributed by atoms with Crippen LogP contribution in [0.4, 0.5) is 0 Å². The number of methoxy groups -OCH3 is 2. The van der Waals surface area contributed by atoms with Gasteiger partial charge < -0.3 is 14.6 Å². The van der Waals surface area contributed by atoms with Crippen LogP contribution in [-0.2, 0) is 5.41 Å². The van der Waals surface area contributed by atoms with E-state index in [1.54, 1.807) is 14.2 Å². The fourth-order valence-electron chi connectivity index (χ4n) is 6.51. The van der Waals surface area contributed by atoms with Crippen molar-refractivity contribution in [1.29, 1.82) is 0 Å². The van der Waals surface area contributed by atoms with Crippen LogP contribution in [0, 0.1) is 23.7 Å². The van der Waals surface area contributed by atoms with Crippen molar-refractivity contribution in [3.8, 4) is 11.5 Å². The van der Waals surface area contributed by atoms with Gasteiger partial charge in [-0.1, -0.05) is 27.7 Å². The van der Waals surface area contributed by atoms with Crippen LogP contribution in [0.2, 0.25) is 0 Å². The summed E-state index contributed by atoms with van der Waals surface area (Å²) in [4.78, 5) is 0. The quantitative estimate of drug-likeness (QED) is 0.799. The first-order valence-electron chi connectivity index (χ1n) is 9.98. The third kappa shape index (κ3) is 2.93. The first-order chi connectivity index (χ1) is 12.1. The molecular formula is C23H36O3. The normalized spacial score (nSPS) is 36.3. The van der Waals surface area contributed by atoms with Crippen molar-refractivity contribution in [2.24, 2.45) is 16.7 Å². The van der Waals surface area contributed by atoms with Gasteiger partial charge in [-0.3, -0.25) is 0 Å². The van der Waals surface area contributed by atoms with E-state index in [0.29, 0.717) is 5.92 Å². The Balaban J connectivity index is 2.01. The van der Waals surface area contributed by atoms with Gasteiger partial charge in [-0.2, -0.15) is 0 Å². The van der Waals surface area contributed by atoms with E-state index in [0.717, 1.165) is 43.6 Å². The molecule has 3 heteroatoms. The predicted molar refractivity (Wildman–Crippen MR) is 106 cm³/mol. The largest absolute Gasteiger partial charge is 0.497 e. The van der Waals surface area contributed by atoms with E-state index < -0.39 is 0 Å². The Labute approximate surface area is 159 Å². The van der Waals surface area contributed by atoms with E-state index in [1.165, 1.54) is 11.1 Å². The average molecular weight is 361 g/mol. The second-order valence-corrected chi connectivity index (χ2v) is 9.88. The summed E-state index contributed by atoms with van der Waals surface area (Å²) in [6.45, 7) is 11.6. The van der Waals surface area contributed by atoms with Crippen molar-refractivity contribution in [3.05, 3.63) is 23.3 Å². The molecule has 2 aliphatic carbocycles. The summed E-state index contributed by atoms with van der Waals surface area (Å²) in [6, 6.07) is 4.16. The lowest BCUT2D eigenvalue weighted by atomic mass is 9.46. The number of hydrogen-bond acceptors (Lipinski definition) is 3. The Kier molecular flexibility index (Phi) is 4.84. The van der Waals surface area contributed by atoms with Gasteiger partial charge in [0.1, 0.15) is 11.5 Å². The molecular weight excluding hydrogens is 324 g/mol. The molecule has 1 aromatic rings. The SMILES string of the molecule is COc1cc(C)c([C@@]2(C)CC[C@@H]3C(C)(C)[C@H](O)CC[C@@]3(C)C2)c(OC)c1. The van der Waals surface area contributed by atoms with Crippen LogP contribution in [-0.4, -0.2) is 25.4 Å². The Morgan fingerprint density at radius 2 is 1.69 bits per heavy atom. The molecule has 0 heterocycles. The van der Waals surface area contributed by atoms with Gasteiger partial charge in [-0.25, -0.2) is 0 Å². The third-order valence-electron chi connectivity index (χ3n) is 7.70. The van der Waals surface area contributed by atoms with Gasteiger partial charge >= 0.3 is 0 Å².